The van der Waals surface area contributed by atoms with E-state index in [0.29, 0.717) is 19.5 Å². The number of H-pyrrole nitrogens is 1. The maximum atomic E-state index is 12.6. The number of carbonyl (C=O) groups is 2. The van der Waals surface area contributed by atoms with E-state index in [1.165, 1.54) is 5.56 Å². The van der Waals surface area contributed by atoms with Crippen LogP contribution in [0.2, 0.25) is 0 Å². The maximum absolute atomic E-state index is 12.6. The molecule has 1 atom stereocenters. The number of hydrogen-bond acceptors (Lipinski definition) is 3. The molecule has 0 aliphatic carbocycles. The van der Waals surface area contributed by atoms with Crippen molar-refractivity contribution in [2.75, 3.05) is 25.1 Å². The molecule has 6 heteroatoms. The van der Waals surface area contributed by atoms with E-state index in [-0.39, 0.29) is 24.2 Å². The van der Waals surface area contributed by atoms with Crippen molar-refractivity contribution in [1.29, 1.82) is 0 Å². The highest BCUT2D eigenvalue weighted by molar-refractivity contribution is 6.00. The largest absolute Gasteiger partial charge is 0.497 e. The lowest BCUT2D eigenvalue weighted by Gasteiger charge is -2.17. The van der Waals surface area contributed by atoms with Gasteiger partial charge in [-0.1, -0.05) is 19.1 Å². The van der Waals surface area contributed by atoms with Gasteiger partial charge < -0.3 is 19.9 Å². The fourth-order valence-electron chi connectivity index (χ4n) is 4.00. The highest BCUT2D eigenvalue weighted by Gasteiger charge is 2.34. The Labute approximate surface area is 176 Å². The summed E-state index contributed by atoms with van der Waals surface area (Å²) in [4.78, 5) is 30.1. The van der Waals surface area contributed by atoms with E-state index in [1.54, 1.807) is 12.0 Å². The van der Waals surface area contributed by atoms with Crippen molar-refractivity contribution in [3.8, 4) is 5.75 Å². The molecule has 156 valence electrons. The predicted octanol–water partition coefficient (Wildman–Crippen LogP) is 3.45. The molecule has 6 nitrogen and oxygen atoms in total. The van der Waals surface area contributed by atoms with Crippen LogP contribution in [0.4, 0.5) is 5.69 Å². The van der Waals surface area contributed by atoms with Crippen LogP contribution in [0.5, 0.6) is 5.75 Å². The number of aromatic amines is 1. The molecule has 3 aromatic rings. The van der Waals surface area contributed by atoms with Gasteiger partial charge in [0.15, 0.2) is 0 Å². The molecular weight excluding hydrogens is 378 g/mol. The second-order valence-electron chi connectivity index (χ2n) is 7.69. The van der Waals surface area contributed by atoms with Crippen LogP contribution in [0.3, 0.4) is 0 Å². The van der Waals surface area contributed by atoms with Gasteiger partial charge in [0.25, 0.3) is 0 Å². The molecule has 2 N–H and O–H groups in total. The summed E-state index contributed by atoms with van der Waals surface area (Å²) in [6.07, 6.45) is 3.90. The molecule has 0 unspecified atom stereocenters. The van der Waals surface area contributed by atoms with E-state index in [4.69, 9.17) is 4.74 Å². The number of hydrogen-bond donors (Lipinski definition) is 2. The van der Waals surface area contributed by atoms with Gasteiger partial charge in [-0.25, -0.2) is 0 Å². The van der Waals surface area contributed by atoms with Crippen molar-refractivity contribution in [2.45, 2.75) is 26.2 Å². The highest BCUT2D eigenvalue weighted by Crippen LogP contribution is 2.26. The number of nitrogens with one attached hydrogen (secondary N) is 2. The van der Waals surface area contributed by atoms with Crippen LogP contribution in [-0.2, 0) is 22.4 Å². The van der Waals surface area contributed by atoms with Gasteiger partial charge in [0.2, 0.25) is 11.8 Å². The Hall–Kier alpha value is -3.28. The number of amides is 2. The van der Waals surface area contributed by atoms with E-state index in [0.717, 1.165) is 34.3 Å². The molecule has 0 spiro atoms. The van der Waals surface area contributed by atoms with Gasteiger partial charge in [0.05, 0.1) is 13.0 Å². The molecule has 30 heavy (non-hydrogen) atoms. The summed E-state index contributed by atoms with van der Waals surface area (Å²) in [5.41, 5.74) is 4.27. The zero-order valence-electron chi connectivity index (χ0n) is 17.4. The van der Waals surface area contributed by atoms with E-state index in [2.05, 4.69) is 17.2 Å². The van der Waals surface area contributed by atoms with Crippen LogP contribution in [0, 0.1) is 5.92 Å². The number of aromatic nitrogens is 1. The van der Waals surface area contributed by atoms with E-state index in [9.17, 15) is 9.59 Å². The molecular formula is C24H27N3O3. The molecule has 1 saturated heterocycles. The Morgan fingerprint density at radius 1 is 1.23 bits per heavy atom. The number of nitrogens with zero attached hydrogens (tertiary/aromatic N) is 1. The second kappa shape index (κ2) is 8.61. The van der Waals surface area contributed by atoms with Crippen molar-refractivity contribution < 1.29 is 14.3 Å². The number of carbonyl (C=O) groups excluding carboxylic acids is 2. The molecule has 1 aromatic heterocycles. The average molecular weight is 405 g/mol. The molecule has 2 heterocycles. The normalized spacial score (nSPS) is 16.3. The maximum Gasteiger partial charge on any atom is 0.227 e. The first kappa shape index (κ1) is 20.0. The summed E-state index contributed by atoms with van der Waals surface area (Å²) in [5.74, 6) is 0.437. The lowest BCUT2D eigenvalue weighted by Crippen LogP contribution is -2.34. The molecule has 0 radical (unpaired) electrons. The van der Waals surface area contributed by atoms with Crippen LogP contribution in [0.1, 0.15) is 24.5 Å². The van der Waals surface area contributed by atoms with Gasteiger partial charge in [-0.15, -0.1) is 0 Å². The number of rotatable bonds is 7. The molecule has 1 aliphatic heterocycles. The number of aryl methyl sites for hydroxylation is 1. The third kappa shape index (κ3) is 4.03. The van der Waals surface area contributed by atoms with Crippen LogP contribution in [0.25, 0.3) is 10.9 Å². The molecule has 1 fully saturated rings. The number of benzene rings is 2. The molecule has 2 aromatic carbocycles. The fraction of sp³-hybridized carbons (Fsp3) is 0.333. The van der Waals surface area contributed by atoms with Gasteiger partial charge in [-0.3, -0.25) is 9.59 Å². The molecule has 1 aliphatic rings. The topological polar surface area (TPSA) is 74.4 Å². The van der Waals surface area contributed by atoms with E-state index >= 15 is 0 Å². The summed E-state index contributed by atoms with van der Waals surface area (Å²) in [5, 5.41) is 4.10. The van der Waals surface area contributed by atoms with Crippen molar-refractivity contribution in [3.05, 3.63) is 59.8 Å². The van der Waals surface area contributed by atoms with Gasteiger partial charge in [0, 0.05) is 42.3 Å². The highest BCUT2D eigenvalue weighted by atomic mass is 16.5. The van der Waals surface area contributed by atoms with E-state index < -0.39 is 0 Å². The van der Waals surface area contributed by atoms with Crippen molar-refractivity contribution in [2.24, 2.45) is 5.92 Å². The first-order valence-corrected chi connectivity index (χ1v) is 10.4. The third-order valence-corrected chi connectivity index (χ3v) is 5.82. The first-order valence-electron chi connectivity index (χ1n) is 10.4. The Balaban J connectivity index is 1.34. The van der Waals surface area contributed by atoms with Crippen molar-refractivity contribution in [3.63, 3.8) is 0 Å². The average Bonchev–Trinajstić information content (AvgIpc) is 3.37. The van der Waals surface area contributed by atoms with Crippen LogP contribution < -0.4 is 15.0 Å². The van der Waals surface area contributed by atoms with Crippen molar-refractivity contribution >= 4 is 28.4 Å². The molecule has 0 saturated carbocycles. The summed E-state index contributed by atoms with van der Waals surface area (Å²) >= 11 is 0. The monoisotopic (exact) mass is 405 g/mol. The van der Waals surface area contributed by atoms with Crippen LogP contribution in [-0.4, -0.2) is 37.0 Å². The fourth-order valence-corrected chi connectivity index (χ4v) is 4.00. The molecule has 2 amide bonds. The molecule has 4 rings (SSSR count). The zero-order chi connectivity index (χ0) is 21.1. The lowest BCUT2D eigenvalue weighted by atomic mass is 10.1. The van der Waals surface area contributed by atoms with E-state index in [1.807, 2.05) is 48.7 Å². The van der Waals surface area contributed by atoms with Crippen LogP contribution >= 0.6 is 0 Å². The summed E-state index contributed by atoms with van der Waals surface area (Å²) in [6.45, 7) is 3.06. The first-order chi connectivity index (χ1) is 14.6. The summed E-state index contributed by atoms with van der Waals surface area (Å²) in [6, 6.07) is 13.9. The number of fused-ring (bicyclic) bond motifs is 1. The third-order valence-electron chi connectivity index (χ3n) is 5.82. The quantitative estimate of drug-likeness (QED) is 0.632. The number of ether oxygens (including phenoxy) is 1. The second-order valence-corrected chi connectivity index (χ2v) is 7.69. The minimum Gasteiger partial charge on any atom is -0.497 e. The Bertz CT molecular complexity index is 1060. The summed E-state index contributed by atoms with van der Waals surface area (Å²) in [7, 11) is 1.65. The van der Waals surface area contributed by atoms with Crippen LogP contribution in [0.15, 0.2) is 48.7 Å². The minimum absolute atomic E-state index is 0.00289. The lowest BCUT2D eigenvalue weighted by molar-refractivity contribution is -0.126. The number of anilines is 1. The molecule has 0 bridgehead atoms. The van der Waals surface area contributed by atoms with Gasteiger partial charge in [-0.05, 0) is 54.3 Å². The SMILES string of the molecule is CCc1ccc(N2C[C@@H](C(=O)NCCc3c[nH]c4ccc(OC)cc34)CC2=O)cc1. The smallest absolute Gasteiger partial charge is 0.227 e. The van der Waals surface area contributed by atoms with Crippen molar-refractivity contribution in [1.82, 2.24) is 10.3 Å². The predicted molar refractivity (Wildman–Crippen MR) is 118 cm³/mol. The Morgan fingerprint density at radius 2 is 2.03 bits per heavy atom. The Morgan fingerprint density at radius 3 is 2.77 bits per heavy atom. The Kier molecular flexibility index (Phi) is 5.74. The van der Waals surface area contributed by atoms with Gasteiger partial charge in [-0.2, -0.15) is 0 Å². The minimum atomic E-state index is -0.314. The summed E-state index contributed by atoms with van der Waals surface area (Å²) < 4.78 is 5.31. The standard InChI is InChI=1S/C24H27N3O3/c1-3-16-4-6-19(7-5-16)27-15-18(12-23(27)28)24(29)25-11-10-17-14-26-22-9-8-20(30-2)13-21(17)22/h4-9,13-14,18,26H,3,10-12,15H2,1-2H3,(H,25,29)/t18-/m0/s1. The van der Waals surface area contributed by atoms with Gasteiger partial charge in [0.1, 0.15) is 5.75 Å². The van der Waals surface area contributed by atoms with Gasteiger partial charge >= 0.3 is 0 Å². The number of methoxy groups -OCH3 is 1. The zero-order valence-corrected chi connectivity index (χ0v) is 17.4.